The van der Waals surface area contributed by atoms with Crippen LogP contribution in [0.4, 0.5) is 48.3 Å². The molecule has 2 aliphatic carbocycles. The average Bonchev–Trinajstić information content (AvgIpc) is 2.75. The van der Waals surface area contributed by atoms with Crippen LogP contribution in [-0.4, -0.2) is 29.0 Å². The van der Waals surface area contributed by atoms with Crippen LogP contribution in [0.25, 0.3) is 0 Å². The molecule has 198 valence electrons. The number of allylic oxidation sites excluding steroid dienone is 3. The Labute approximate surface area is 190 Å². The zero-order chi connectivity index (χ0) is 25.9. The topological polar surface area (TPSA) is 20.2 Å². The van der Waals surface area contributed by atoms with E-state index in [1.54, 1.807) is 0 Å². The van der Waals surface area contributed by atoms with Crippen LogP contribution in [0.1, 0.15) is 64.2 Å². The van der Waals surface area contributed by atoms with Gasteiger partial charge in [0.15, 0.2) is 0 Å². The van der Waals surface area contributed by atoms with Crippen molar-refractivity contribution in [3.63, 3.8) is 0 Å². The Bertz CT molecular complexity index is 706. The summed E-state index contributed by atoms with van der Waals surface area (Å²) in [5, 5.41) is 9.43. The molecule has 0 aliphatic heterocycles. The molecular weight excluding hydrogens is 489 g/mol. The molecule has 1 N–H and O–H groups in total. The molecule has 0 radical (unpaired) electrons. The first kappa shape index (κ1) is 28.9. The summed E-state index contributed by atoms with van der Waals surface area (Å²) in [6.07, 6.45) is -9.13. The van der Waals surface area contributed by atoms with E-state index in [1.807, 2.05) is 0 Å². The van der Waals surface area contributed by atoms with Crippen molar-refractivity contribution in [2.24, 2.45) is 23.7 Å². The van der Waals surface area contributed by atoms with Crippen molar-refractivity contribution in [3.8, 4) is 0 Å². The largest absolute Gasteiger partial charge is 0.426 e. The Morgan fingerprint density at radius 1 is 0.735 bits per heavy atom. The summed E-state index contributed by atoms with van der Waals surface area (Å²) in [6.45, 7) is 0. The number of hydrogen-bond donors (Lipinski definition) is 1. The minimum Gasteiger partial charge on any atom is -0.373 e. The lowest BCUT2D eigenvalue weighted by Crippen LogP contribution is -2.65. The monoisotopic (exact) mass is 516 g/mol. The third kappa shape index (κ3) is 6.07. The number of aliphatic hydroxyl groups is 1. The fourth-order valence-corrected chi connectivity index (χ4v) is 5.24. The van der Waals surface area contributed by atoms with Gasteiger partial charge in [-0.05, 0) is 49.9 Å². The van der Waals surface area contributed by atoms with E-state index < -0.39 is 48.1 Å². The number of rotatable bonds is 7. The molecule has 2 rings (SSSR count). The summed E-state index contributed by atoms with van der Waals surface area (Å²) < 4.78 is 146. The molecule has 1 unspecified atom stereocenters. The third-order valence-corrected chi connectivity index (χ3v) is 7.18. The average molecular weight is 516 g/mol. The van der Waals surface area contributed by atoms with E-state index in [0.29, 0.717) is 30.8 Å². The lowest BCUT2D eigenvalue weighted by molar-refractivity contribution is -0.399. The molecule has 34 heavy (non-hydrogen) atoms. The lowest BCUT2D eigenvalue weighted by Gasteiger charge is -2.41. The van der Waals surface area contributed by atoms with E-state index in [4.69, 9.17) is 0 Å². The summed E-state index contributed by atoms with van der Waals surface area (Å²) in [5.74, 6) is -13.3. The van der Waals surface area contributed by atoms with Crippen LogP contribution in [0.5, 0.6) is 0 Å². The minimum atomic E-state index is -6.74. The van der Waals surface area contributed by atoms with Gasteiger partial charge in [-0.2, -0.15) is 48.3 Å². The third-order valence-electron chi connectivity index (χ3n) is 7.18. The van der Waals surface area contributed by atoms with Crippen molar-refractivity contribution >= 4 is 0 Å². The predicted molar refractivity (Wildman–Crippen MR) is 102 cm³/mol. The number of alkyl halides is 8. The van der Waals surface area contributed by atoms with Gasteiger partial charge in [0.05, 0.1) is 5.92 Å². The highest BCUT2D eigenvalue weighted by molar-refractivity contribution is 5.16. The summed E-state index contributed by atoms with van der Waals surface area (Å²) >= 11 is 0. The Morgan fingerprint density at radius 2 is 1.21 bits per heavy atom. The van der Waals surface area contributed by atoms with E-state index in [9.17, 15) is 53.4 Å². The van der Waals surface area contributed by atoms with Crippen LogP contribution in [0.2, 0.25) is 0 Å². The van der Waals surface area contributed by atoms with Crippen LogP contribution < -0.4 is 0 Å². The van der Waals surface area contributed by atoms with Crippen molar-refractivity contribution in [1.29, 1.82) is 0 Å². The zero-order valence-corrected chi connectivity index (χ0v) is 18.1. The fraction of sp³-hybridized carbons (Fsp3) is 0.818. The van der Waals surface area contributed by atoms with Gasteiger partial charge in [0.2, 0.25) is 5.83 Å². The highest BCUT2D eigenvalue weighted by Crippen LogP contribution is 2.55. The first-order valence-electron chi connectivity index (χ1n) is 11.1. The van der Waals surface area contributed by atoms with E-state index >= 15 is 0 Å². The Hall–Kier alpha value is -1.33. The van der Waals surface area contributed by atoms with Crippen LogP contribution in [0.3, 0.4) is 0 Å². The van der Waals surface area contributed by atoms with Crippen molar-refractivity contribution < 1.29 is 53.4 Å². The van der Waals surface area contributed by atoms with E-state index in [-0.39, 0.29) is 5.92 Å². The van der Waals surface area contributed by atoms with Crippen molar-refractivity contribution in [2.75, 3.05) is 0 Å². The molecule has 0 aromatic heterocycles. The van der Waals surface area contributed by atoms with Gasteiger partial charge in [0.25, 0.3) is 5.60 Å². The van der Waals surface area contributed by atoms with Gasteiger partial charge in [0, 0.05) is 0 Å². The molecule has 2 fully saturated rings. The second kappa shape index (κ2) is 10.7. The van der Waals surface area contributed by atoms with Crippen LogP contribution in [-0.2, 0) is 0 Å². The fourth-order valence-electron chi connectivity index (χ4n) is 5.24. The van der Waals surface area contributed by atoms with Gasteiger partial charge in [-0.15, -0.1) is 0 Å². The van der Waals surface area contributed by atoms with Gasteiger partial charge in [-0.25, -0.2) is 0 Å². The lowest BCUT2D eigenvalue weighted by atomic mass is 9.71. The SMILES string of the molecule is OC(C(CC=CC1CCC(C2CCCCC2)CC1)C(F)(F)C(F)=C(F)F)(C(F)(F)F)C(F)(F)F. The smallest absolute Gasteiger partial charge is 0.373 e. The van der Waals surface area contributed by atoms with Crippen molar-refractivity contribution in [2.45, 2.75) is 88.1 Å². The zero-order valence-electron chi connectivity index (χ0n) is 18.1. The quantitative estimate of drug-likeness (QED) is 0.266. The highest BCUT2D eigenvalue weighted by atomic mass is 19.4. The van der Waals surface area contributed by atoms with Crippen LogP contribution >= 0.6 is 0 Å². The van der Waals surface area contributed by atoms with Gasteiger partial charge in [-0.3, -0.25) is 0 Å². The molecular formula is C22H27F11O. The van der Waals surface area contributed by atoms with Gasteiger partial charge < -0.3 is 5.11 Å². The molecule has 1 nitrogen and oxygen atoms in total. The maximum absolute atomic E-state index is 14.2. The highest BCUT2D eigenvalue weighted by Gasteiger charge is 2.78. The molecule has 0 aromatic rings. The van der Waals surface area contributed by atoms with Gasteiger partial charge >= 0.3 is 24.4 Å². The maximum Gasteiger partial charge on any atom is 0.426 e. The molecule has 0 bridgehead atoms. The Kier molecular flexibility index (Phi) is 9.13. The van der Waals surface area contributed by atoms with Crippen LogP contribution in [0, 0.1) is 23.7 Å². The van der Waals surface area contributed by atoms with E-state index in [0.717, 1.165) is 44.6 Å². The number of halogens is 11. The molecule has 2 saturated carbocycles. The predicted octanol–water partition coefficient (Wildman–Crippen LogP) is 8.50. The summed E-state index contributed by atoms with van der Waals surface area (Å²) in [4.78, 5) is 0. The number of hydrogen-bond acceptors (Lipinski definition) is 1. The molecule has 0 spiro atoms. The van der Waals surface area contributed by atoms with E-state index in [1.165, 1.54) is 6.42 Å². The summed E-state index contributed by atoms with van der Waals surface area (Å²) in [5.41, 5.74) is -6.13. The first-order valence-corrected chi connectivity index (χ1v) is 11.1. The molecule has 0 amide bonds. The molecule has 2 aliphatic rings. The van der Waals surface area contributed by atoms with Gasteiger partial charge in [-0.1, -0.05) is 44.3 Å². The molecule has 12 heteroatoms. The minimum absolute atomic E-state index is 0.322. The molecule has 0 saturated heterocycles. The van der Waals surface area contributed by atoms with Crippen LogP contribution in [0.15, 0.2) is 24.1 Å². The summed E-state index contributed by atoms with van der Waals surface area (Å²) in [6, 6.07) is 0. The van der Waals surface area contributed by atoms with Crippen molar-refractivity contribution in [1.82, 2.24) is 0 Å². The second-order valence-corrected chi connectivity index (χ2v) is 9.25. The maximum atomic E-state index is 14.2. The standard InChI is InChI=1S/C22H27F11O/c23-17(18(24)25)19(26,27)16(20(34,21(28,29)30)22(31,32)33)8-4-5-13-9-11-15(12-10-13)14-6-2-1-3-7-14/h4-5,13-16,34H,1-3,6-12H2. The van der Waals surface area contributed by atoms with E-state index in [2.05, 4.69) is 0 Å². The molecule has 0 heterocycles. The summed E-state index contributed by atoms with van der Waals surface area (Å²) in [7, 11) is 0. The Balaban J connectivity index is 2.23. The Morgan fingerprint density at radius 3 is 1.65 bits per heavy atom. The second-order valence-electron chi connectivity index (χ2n) is 9.25. The first-order chi connectivity index (χ1) is 15.5. The molecule has 0 aromatic carbocycles. The van der Waals surface area contributed by atoms with Gasteiger partial charge in [0.1, 0.15) is 0 Å². The normalized spacial score (nSPS) is 24.9. The van der Waals surface area contributed by atoms with Crippen molar-refractivity contribution in [3.05, 3.63) is 24.1 Å². The molecule has 1 atom stereocenters.